The van der Waals surface area contributed by atoms with Gasteiger partial charge in [0.05, 0.1) is 17.3 Å². The summed E-state index contributed by atoms with van der Waals surface area (Å²) in [5.74, 6) is 0.364. The van der Waals surface area contributed by atoms with Crippen molar-refractivity contribution in [1.82, 2.24) is 15.5 Å². The number of carbonyl (C=O) groups is 1. The molecule has 0 saturated carbocycles. The SMILES string of the molecule is CC1=C(c2nc(-c3ccc(C)cc3)no2)C(c2ccc(C)c(C)c2)NC(=O)N1c1ccc(C)c(F)c1. The zero-order valence-corrected chi connectivity index (χ0v) is 20.9. The standard InChI is InChI=1S/C29H27FN4O2/c1-16-6-10-21(11-7-16)27-32-28(36-33-27)25-20(5)34(23-13-9-18(3)24(30)15-23)29(35)31-26(25)22-12-8-17(2)19(4)14-22/h6-15,26H,1-5H3,(H,31,35). The van der Waals surface area contributed by atoms with Gasteiger partial charge in [-0.3, -0.25) is 4.90 Å². The average molecular weight is 483 g/mol. The fraction of sp³-hybridized carbons (Fsp3) is 0.207. The summed E-state index contributed by atoms with van der Waals surface area (Å²) in [5.41, 5.74) is 7.28. The van der Waals surface area contributed by atoms with Gasteiger partial charge < -0.3 is 9.84 Å². The molecule has 2 amide bonds. The Morgan fingerprint density at radius 3 is 2.31 bits per heavy atom. The number of benzene rings is 3. The summed E-state index contributed by atoms with van der Waals surface area (Å²) in [6, 6.07) is 17.8. The minimum atomic E-state index is -0.519. The third kappa shape index (κ3) is 4.17. The Hall–Kier alpha value is -4.26. The lowest BCUT2D eigenvalue weighted by Gasteiger charge is -2.35. The number of amides is 2. The molecule has 0 bridgehead atoms. The van der Waals surface area contributed by atoms with E-state index in [2.05, 4.69) is 10.5 Å². The zero-order chi connectivity index (χ0) is 25.6. The number of hydrogen-bond donors (Lipinski definition) is 1. The topological polar surface area (TPSA) is 71.3 Å². The maximum atomic E-state index is 14.4. The van der Waals surface area contributed by atoms with Crippen molar-refractivity contribution in [2.45, 2.75) is 40.7 Å². The van der Waals surface area contributed by atoms with Crippen LogP contribution in [0.5, 0.6) is 0 Å². The summed E-state index contributed by atoms with van der Waals surface area (Å²) in [6.07, 6.45) is 0. The van der Waals surface area contributed by atoms with E-state index < -0.39 is 6.04 Å². The second-order valence-electron chi connectivity index (χ2n) is 9.28. The van der Waals surface area contributed by atoms with Crippen LogP contribution in [0.25, 0.3) is 17.0 Å². The Morgan fingerprint density at radius 1 is 0.889 bits per heavy atom. The number of nitrogens with zero attached hydrogens (tertiary/aromatic N) is 3. The molecule has 4 aromatic rings. The van der Waals surface area contributed by atoms with Gasteiger partial charge in [-0.05, 0) is 69.0 Å². The number of allylic oxidation sites excluding steroid dienone is 1. The number of aromatic nitrogens is 2. The number of halogens is 1. The maximum Gasteiger partial charge on any atom is 0.327 e. The van der Waals surface area contributed by atoms with Crippen LogP contribution in [0.2, 0.25) is 0 Å². The van der Waals surface area contributed by atoms with Gasteiger partial charge >= 0.3 is 6.03 Å². The highest BCUT2D eigenvalue weighted by molar-refractivity contribution is 6.01. The van der Waals surface area contributed by atoms with E-state index in [1.54, 1.807) is 19.1 Å². The number of anilines is 1. The third-order valence-electron chi connectivity index (χ3n) is 6.73. The van der Waals surface area contributed by atoms with Crippen LogP contribution in [0.4, 0.5) is 14.9 Å². The van der Waals surface area contributed by atoms with Gasteiger partial charge in [-0.1, -0.05) is 59.3 Å². The van der Waals surface area contributed by atoms with Crippen LogP contribution in [0.15, 0.2) is 70.9 Å². The van der Waals surface area contributed by atoms with Crippen LogP contribution in [-0.4, -0.2) is 16.2 Å². The van der Waals surface area contributed by atoms with E-state index >= 15 is 0 Å². The Labute approximate surface area is 209 Å². The van der Waals surface area contributed by atoms with Crippen molar-refractivity contribution in [2.75, 3.05) is 4.90 Å². The first-order valence-corrected chi connectivity index (χ1v) is 11.8. The smallest absolute Gasteiger partial charge is 0.327 e. The fourth-order valence-electron chi connectivity index (χ4n) is 4.40. The number of nitrogens with one attached hydrogen (secondary N) is 1. The lowest BCUT2D eigenvalue weighted by Crippen LogP contribution is -2.46. The van der Waals surface area contributed by atoms with E-state index in [9.17, 15) is 9.18 Å². The molecule has 1 aliphatic rings. The first-order chi connectivity index (χ1) is 17.2. The largest absolute Gasteiger partial charge is 0.334 e. The molecule has 36 heavy (non-hydrogen) atoms. The number of carbonyl (C=O) groups excluding carboxylic acids is 1. The highest BCUT2D eigenvalue weighted by atomic mass is 19.1. The molecule has 0 saturated heterocycles. The van der Waals surface area contributed by atoms with Gasteiger partial charge in [0.1, 0.15) is 5.82 Å². The molecule has 0 fully saturated rings. The molecule has 182 valence electrons. The minimum absolute atomic E-state index is 0.295. The van der Waals surface area contributed by atoms with Crippen molar-refractivity contribution >= 4 is 17.3 Å². The van der Waals surface area contributed by atoms with Crippen molar-refractivity contribution in [3.63, 3.8) is 0 Å². The molecule has 1 N–H and O–H groups in total. The second-order valence-corrected chi connectivity index (χ2v) is 9.28. The molecule has 0 aliphatic carbocycles. The first kappa shape index (κ1) is 23.5. The summed E-state index contributed by atoms with van der Waals surface area (Å²) < 4.78 is 20.2. The average Bonchev–Trinajstić information content (AvgIpc) is 3.33. The summed E-state index contributed by atoms with van der Waals surface area (Å²) in [6.45, 7) is 9.59. The third-order valence-corrected chi connectivity index (χ3v) is 6.73. The molecule has 0 radical (unpaired) electrons. The van der Waals surface area contributed by atoms with E-state index in [-0.39, 0.29) is 11.8 Å². The van der Waals surface area contributed by atoms with Crippen LogP contribution < -0.4 is 10.2 Å². The van der Waals surface area contributed by atoms with Gasteiger partial charge in [-0.25, -0.2) is 9.18 Å². The molecule has 3 aromatic carbocycles. The van der Waals surface area contributed by atoms with E-state index in [1.807, 2.05) is 70.2 Å². The van der Waals surface area contributed by atoms with Gasteiger partial charge in [-0.15, -0.1) is 0 Å². The number of aryl methyl sites for hydroxylation is 4. The van der Waals surface area contributed by atoms with E-state index in [0.717, 1.165) is 27.8 Å². The normalized spacial score (nSPS) is 15.9. The molecule has 1 unspecified atom stereocenters. The molecule has 0 spiro atoms. The molecule has 1 atom stereocenters. The van der Waals surface area contributed by atoms with Gasteiger partial charge in [0, 0.05) is 11.3 Å². The van der Waals surface area contributed by atoms with Crippen molar-refractivity contribution in [3.05, 3.63) is 106 Å². The molecule has 6 nitrogen and oxygen atoms in total. The molecular formula is C29H27FN4O2. The highest BCUT2D eigenvalue weighted by Crippen LogP contribution is 2.39. The quantitative estimate of drug-likeness (QED) is 0.347. The molecule has 1 aromatic heterocycles. The van der Waals surface area contributed by atoms with E-state index in [4.69, 9.17) is 9.51 Å². The molecular weight excluding hydrogens is 455 g/mol. The molecule has 2 heterocycles. The van der Waals surface area contributed by atoms with Gasteiger partial charge in [-0.2, -0.15) is 4.98 Å². The Bertz CT molecular complexity index is 1500. The number of hydrogen-bond acceptors (Lipinski definition) is 4. The van der Waals surface area contributed by atoms with Crippen LogP contribution in [0.3, 0.4) is 0 Å². The fourth-order valence-corrected chi connectivity index (χ4v) is 4.40. The van der Waals surface area contributed by atoms with Gasteiger partial charge in [0.15, 0.2) is 0 Å². The van der Waals surface area contributed by atoms with Crippen LogP contribution in [0, 0.1) is 33.5 Å². The van der Waals surface area contributed by atoms with Gasteiger partial charge in [0.2, 0.25) is 5.82 Å². The molecule has 5 rings (SSSR count). The van der Waals surface area contributed by atoms with Crippen molar-refractivity contribution in [2.24, 2.45) is 0 Å². The Kier molecular flexibility index (Phi) is 5.92. The highest BCUT2D eigenvalue weighted by Gasteiger charge is 2.36. The van der Waals surface area contributed by atoms with Gasteiger partial charge in [0.25, 0.3) is 5.89 Å². The molecule has 1 aliphatic heterocycles. The zero-order valence-electron chi connectivity index (χ0n) is 20.9. The summed E-state index contributed by atoms with van der Waals surface area (Å²) >= 11 is 0. The van der Waals surface area contributed by atoms with E-state index in [1.165, 1.54) is 11.0 Å². The lowest BCUT2D eigenvalue weighted by molar-refractivity contribution is 0.244. The monoisotopic (exact) mass is 482 g/mol. The number of rotatable bonds is 4. The van der Waals surface area contributed by atoms with Crippen molar-refractivity contribution in [1.29, 1.82) is 0 Å². The van der Waals surface area contributed by atoms with Crippen molar-refractivity contribution in [3.8, 4) is 11.4 Å². The Balaban J connectivity index is 1.67. The lowest BCUT2D eigenvalue weighted by atomic mass is 9.92. The summed E-state index contributed by atoms with van der Waals surface area (Å²) in [4.78, 5) is 19.5. The summed E-state index contributed by atoms with van der Waals surface area (Å²) in [5, 5.41) is 7.29. The predicted molar refractivity (Wildman–Crippen MR) is 138 cm³/mol. The predicted octanol–water partition coefficient (Wildman–Crippen LogP) is 6.81. The maximum absolute atomic E-state index is 14.4. The van der Waals surface area contributed by atoms with Crippen LogP contribution >= 0.6 is 0 Å². The number of urea groups is 1. The van der Waals surface area contributed by atoms with Crippen LogP contribution in [-0.2, 0) is 0 Å². The van der Waals surface area contributed by atoms with E-state index in [0.29, 0.717) is 34.2 Å². The summed E-state index contributed by atoms with van der Waals surface area (Å²) in [7, 11) is 0. The van der Waals surface area contributed by atoms with Crippen molar-refractivity contribution < 1.29 is 13.7 Å². The second kappa shape index (κ2) is 9.07. The Morgan fingerprint density at radius 2 is 1.61 bits per heavy atom. The first-order valence-electron chi connectivity index (χ1n) is 11.8. The minimum Gasteiger partial charge on any atom is -0.334 e. The van der Waals surface area contributed by atoms with Crippen LogP contribution in [0.1, 0.15) is 46.7 Å². The molecule has 7 heteroatoms.